The van der Waals surface area contributed by atoms with Crippen LogP contribution in [-0.4, -0.2) is 10.8 Å². The molecule has 0 aliphatic rings. The monoisotopic (exact) mass is 356 g/mol. The number of hydrogen-bond donors (Lipinski definition) is 1. The number of nitro groups is 1. The number of nitrogens with two attached hydrogens (primary N) is 1. The molecule has 120 valence electrons. The Bertz CT molecular complexity index is 825. The molecule has 0 aliphatic carbocycles. The lowest BCUT2D eigenvalue weighted by molar-refractivity contribution is -0.386. The molecule has 2 aromatic carbocycles. The number of rotatable bonds is 4. The van der Waals surface area contributed by atoms with Gasteiger partial charge in [-0.3, -0.25) is 14.9 Å². The van der Waals surface area contributed by atoms with E-state index in [-0.39, 0.29) is 33.7 Å². The van der Waals surface area contributed by atoms with Crippen LogP contribution in [0.15, 0.2) is 24.3 Å². The largest absolute Gasteiger partial charge is 0.366 e. The molecule has 0 saturated heterocycles. The summed E-state index contributed by atoms with van der Waals surface area (Å²) < 4.78 is 14.5. The molecule has 0 unspecified atom stereocenters. The minimum absolute atomic E-state index is 0.0272. The highest BCUT2D eigenvalue weighted by Gasteiger charge is 2.30. The van der Waals surface area contributed by atoms with Crippen LogP contribution in [0.3, 0.4) is 0 Å². The third kappa shape index (κ3) is 3.13. The molecule has 8 heteroatoms. The molecule has 0 spiro atoms. The first-order valence-electron chi connectivity index (χ1n) is 6.52. The van der Waals surface area contributed by atoms with Crippen molar-refractivity contribution < 1.29 is 14.1 Å². The molecule has 0 atom stereocenters. The van der Waals surface area contributed by atoms with Gasteiger partial charge >= 0.3 is 5.69 Å². The fourth-order valence-corrected chi connectivity index (χ4v) is 2.79. The maximum Gasteiger partial charge on any atom is 0.313 e. The van der Waals surface area contributed by atoms with E-state index in [0.717, 1.165) is 0 Å². The van der Waals surface area contributed by atoms with Gasteiger partial charge in [-0.1, -0.05) is 36.2 Å². The molecule has 0 aliphatic heterocycles. The van der Waals surface area contributed by atoms with Gasteiger partial charge in [-0.15, -0.1) is 0 Å². The van der Waals surface area contributed by atoms with E-state index in [4.69, 9.17) is 28.9 Å². The summed E-state index contributed by atoms with van der Waals surface area (Å²) in [4.78, 5) is 22.2. The maximum absolute atomic E-state index is 14.5. The van der Waals surface area contributed by atoms with E-state index in [1.807, 2.05) is 0 Å². The number of amides is 1. The standard InChI is InChI=1S/C15H11Cl2FN2O3/c1-2-7-5-10(15(19)21)12(14(13(7)18)20(22)23)9-4-3-8(16)6-11(9)17/h3-6H,2H2,1H3,(H2,19,21). The average Bonchev–Trinajstić information content (AvgIpc) is 2.46. The van der Waals surface area contributed by atoms with Crippen molar-refractivity contribution in [3.05, 3.63) is 61.4 Å². The van der Waals surface area contributed by atoms with Crippen molar-refractivity contribution >= 4 is 34.8 Å². The van der Waals surface area contributed by atoms with Gasteiger partial charge in [0, 0.05) is 10.6 Å². The third-order valence-electron chi connectivity index (χ3n) is 3.34. The zero-order valence-electron chi connectivity index (χ0n) is 11.9. The summed E-state index contributed by atoms with van der Waals surface area (Å²) in [5, 5.41) is 11.7. The summed E-state index contributed by atoms with van der Waals surface area (Å²) in [5.41, 5.74) is 4.21. The SMILES string of the molecule is CCc1cc(C(N)=O)c(-c2ccc(Cl)cc2Cl)c([N+](=O)[O-])c1F. The molecule has 0 radical (unpaired) electrons. The normalized spacial score (nSPS) is 10.6. The van der Waals surface area contributed by atoms with Crippen LogP contribution in [0.2, 0.25) is 10.0 Å². The molecular weight excluding hydrogens is 346 g/mol. The zero-order chi connectivity index (χ0) is 17.3. The van der Waals surface area contributed by atoms with Crippen molar-refractivity contribution in [3.8, 4) is 11.1 Å². The zero-order valence-corrected chi connectivity index (χ0v) is 13.4. The van der Waals surface area contributed by atoms with E-state index in [0.29, 0.717) is 5.02 Å². The van der Waals surface area contributed by atoms with Gasteiger partial charge in [0.2, 0.25) is 11.7 Å². The summed E-state index contributed by atoms with van der Waals surface area (Å²) in [6.07, 6.45) is 0.168. The summed E-state index contributed by atoms with van der Waals surface area (Å²) in [6, 6.07) is 5.37. The molecule has 1 amide bonds. The van der Waals surface area contributed by atoms with Crippen LogP contribution in [0.25, 0.3) is 11.1 Å². The van der Waals surface area contributed by atoms with Gasteiger partial charge in [-0.2, -0.15) is 4.39 Å². The van der Waals surface area contributed by atoms with Gasteiger partial charge in [0.25, 0.3) is 0 Å². The first-order chi connectivity index (χ1) is 10.8. The average molecular weight is 357 g/mol. The topological polar surface area (TPSA) is 86.2 Å². The summed E-state index contributed by atoms with van der Waals surface area (Å²) in [6.45, 7) is 1.61. The number of nitro benzene ring substituents is 1. The quantitative estimate of drug-likeness (QED) is 0.651. The number of carbonyl (C=O) groups excluding carboxylic acids is 1. The lowest BCUT2D eigenvalue weighted by Gasteiger charge is -2.13. The van der Waals surface area contributed by atoms with Gasteiger partial charge < -0.3 is 5.73 Å². The van der Waals surface area contributed by atoms with Crippen LogP contribution in [-0.2, 0) is 6.42 Å². The van der Waals surface area contributed by atoms with Crippen LogP contribution in [0.4, 0.5) is 10.1 Å². The Kier molecular flexibility index (Phi) is 4.87. The van der Waals surface area contributed by atoms with Crippen molar-refractivity contribution in [2.45, 2.75) is 13.3 Å². The predicted octanol–water partition coefficient (Wildman–Crippen LogP) is 4.37. The number of hydrogen-bond acceptors (Lipinski definition) is 3. The number of primary amides is 1. The molecule has 23 heavy (non-hydrogen) atoms. The van der Waals surface area contributed by atoms with Gasteiger partial charge in [-0.05, 0) is 30.2 Å². The molecule has 5 nitrogen and oxygen atoms in total. The highest BCUT2D eigenvalue weighted by molar-refractivity contribution is 6.36. The molecule has 2 aromatic rings. The van der Waals surface area contributed by atoms with Crippen molar-refractivity contribution in [2.24, 2.45) is 5.73 Å². The number of aryl methyl sites for hydroxylation is 1. The van der Waals surface area contributed by atoms with Gasteiger partial charge in [-0.25, -0.2) is 0 Å². The number of carbonyl (C=O) groups is 1. The van der Waals surface area contributed by atoms with Crippen LogP contribution in [0.1, 0.15) is 22.8 Å². The minimum Gasteiger partial charge on any atom is -0.366 e. The van der Waals surface area contributed by atoms with E-state index in [1.54, 1.807) is 6.92 Å². The Morgan fingerprint density at radius 2 is 2.00 bits per heavy atom. The molecule has 0 heterocycles. The number of nitrogens with zero attached hydrogens (tertiary/aromatic N) is 1. The van der Waals surface area contributed by atoms with Gasteiger partial charge in [0.05, 0.1) is 21.1 Å². The summed E-state index contributed by atoms with van der Waals surface area (Å²) >= 11 is 11.9. The van der Waals surface area contributed by atoms with E-state index < -0.39 is 22.3 Å². The number of halogens is 3. The van der Waals surface area contributed by atoms with E-state index >= 15 is 0 Å². The lowest BCUT2D eigenvalue weighted by Crippen LogP contribution is -2.15. The third-order valence-corrected chi connectivity index (χ3v) is 3.89. The van der Waals surface area contributed by atoms with Crippen molar-refractivity contribution in [1.82, 2.24) is 0 Å². The molecule has 2 N–H and O–H groups in total. The van der Waals surface area contributed by atoms with Crippen LogP contribution in [0, 0.1) is 15.9 Å². The highest BCUT2D eigenvalue weighted by Crippen LogP contribution is 2.41. The van der Waals surface area contributed by atoms with E-state index in [9.17, 15) is 19.3 Å². The van der Waals surface area contributed by atoms with Crippen molar-refractivity contribution in [3.63, 3.8) is 0 Å². The summed E-state index contributed by atoms with van der Waals surface area (Å²) in [5.74, 6) is -1.92. The Labute approximate surface area is 141 Å². The molecule has 0 saturated carbocycles. The smallest absolute Gasteiger partial charge is 0.313 e. The maximum atomic E-state index is 14.5. The fourth-order valence-electron chi connectivity index (χ4n) is 2.29. The molecule has 0 aromatic heterocycles. The molecular formula is C15H11Cl2FN2O3. The second-order valence-corrected chi connectivity index (χ2v) is 5.56. The fraction of sp³-hybridized carbons (Fsp3) is 0.133. The van der Waals surface area contributed by atoms with Gasteiger partial charge in [0.1, 0.15) is 0 Å². The number of benzene rings is 2. The minimum atomic E-state index is -1.01. The first-order valence-corrected chi connectivity index (χ1v) is 7.28. The van der Waals surface area contributed by atoms with Crippen molar-refractivity contribution in [1.29, 1.82) is 0 Å². The second-order valence-electron chi connectivity index (χ2n) is 4.72. The highest BCUT2D eigenvalue weighted by atomic mass is 35.5. The molecule has 0 bridgehead atoms. The first kappa shape index (κ1) is 17.2. The molecule has 0 fully saturated rings. The van der Waals surface area contributed by atoms with Crippen LogP contribution in [0.5, 0.6) is 0 Å². The second kappa shape index (κ2) is 6.52. The Hall–Kier alpha value is -2.18. The Morgan fingerprint density at radius 3 is 2.48 bits per heavy atom. The molecule has 2 rings (SSSR count). The Balaban J connectivity index is 2.97. The van der Waals surface area contributed by atoms with E-state index in [2.05, 4.69) is 0 Å². The van der Waals surface area contributed by atoms with Crippen LogP contribution >= 0.6 is 23.2 Å². The van der Waals surface area contributed by atoms with Crippen LogP contribution < -0.4 is 5.73 Å². The predicted molar refractivity (Wildman–Crippen MR) is 86.4 cm³/mol. The van der Waals surface area contributed by atoms with Gasteiger partial charge in [0.15, 0.2) is 0 Å². The van der Waals surface area contributed by atoms with Crippen molar-refractivity contribution in [2.75, 3.05) is 0 Å². The summed E-state index contributed by atoms with van der Waals surface area (Å²) in [7, 11) is 0. The lowest BCUT2D eigenvalue weighted by atomic mass is 9.93. The Morgan fingerprint density at radius 1 is 1.35 bits per heavy atom. The van der Waals surface area contributed by atoms with E-state index in [1.165, 1.54) is 24.3 Å².